The third kappa shape index (κ3) is 5.59. The number of esters is 1. The number of nitro groups is 1. The first-order chi connectivity index (χ1) is 15.3. The summed E-state index contributed by atoms with van der Waals surface area (Å²) >= 11 is 7.69. The molecule has 0 radical (unpaired) electrons. The molecular formula is C22H24ClN3O5S. The van der Waals surface area contributed by atoms with E-state index in [9.17, 15) is 19.7 Å². The van der Waals surface area contributed by atoms with Crippen LogP contribution < -0.4 is 0 Å². The zero-order chi connectivity index (χ0) is 23.3. The highest BCUT2D eigenvalue weighted by Gasteiger charge is 2.34. The minimum Gasteiger partial charge on any atom is -0.468 e. The van der Waals surface area contributed by atoms with E-state index in [0.717, 1.165) is 4.90 Å². The topological polar surface area (TPSA) is 93.0 Å². The Balaban J connectivity index is 1.62. The Kier molecular flexibility index (Phi) is 8.11. The molecule has 10 heteroatoms. The van der Waals surface area contributed by atoms with Crippen LogP contribution in [-0.2, 0) is 14.3 Å². The molecule has 170 valence electrons. The SMILES string of the molecule is COC(=O)C(c1ccccc1Cl)N1CCN(C(=O)C(C)Sc2ccc([N+](=O)[O-])cc2)CC1. The molecule has 32 heavy (non-hydrogen) atoms. The molecule has 2 aromatic carbocycles. The lowest BCUT2D eigenvalue weighted by molar-refractivity contribution is -0.384. The lowest BCUT2D eigenvalue weighted by Crippen LogP contribution is -2.52. The number of carbonyl (C=O) groups is 2. The van der Waals surface area contributed by atoms with Gasteiger partial charge in [-0.05, 0) is 30.7 Å². The van der Waals surface area contributed by atoms with Crippen molar-refractivity contribution < 1.29 is 19.2 Å². The average Bonchev–Trinajstić information content (AvgIpc) is 2.80. The van der Waals surface area contributed by atoms with Gasteiger partial charge in [0, 0.05) is 48.2 Å². The van der Waals surface area contributed by atoms with Gasteiger partial charge < -0.3 is 9.64 Å². The van der Waals surface area contributed by atoms with E-state index in [1.54, 1.807) is 29.2 Å². The summed E-state index contributed by atoms with van der Waals surface area (Å²) in [6.07, 6.45) is 0. The number of thioether (sulfide) groups is 1. The number of non-ortho nitro benzene ring substituents is 1. The maximum absolute atomic E-state index is 12.9. The maximum atomic E-state index is 12.9. The van der Waals surface area contributed by atoms with Crippen LogP contribution in [0.2, 0.25) is 5.02 Å². The monoisotopic (exact) mass is 477 g/mol. The highest BCUT2D eigenvalue weighted by Crippen LogP contribution is 2.30. The summed E-state index contributed by atoms with van der Waals surface area (Å²) in [4.78, 5) is 40.3. The summed E-state index contributed by atoms with van der Waals surface area (Å²) in [5, 5.41) is 10.9. The predicted molar refractivity (Wildman–Crippen MR) is 123 cm³/mol. The van der Waals surface area contributed by atoms with E-state index in [1.807, 2.05) is 24.0 Å². The van der Waals surface area contributed by atoms with E-state index < -0.39 is 11.0 Å². The molecule has 0 spiro atoms. The lowest BCUT2D eigenvalue weighted by Gasteiger charge is -2.39. The van der Waals surface area contributed by atoms with Gasteiger partial charge in [0.15, 0.2) is 0 Å². The van der Waals surface area contributed by atoms with Crippen molar-refractivity contribution in [3.05, 3.63) is 69.2 Å². The van der Waals surface area contributed by atoms with Gasteiger partial charge in [0.2, 0.25) is 5.91 Å². The molecule has 8 nitrogen and oxygen atoms in total. The number of nitrogens with zero attached hydrogens (tertiary/aromatic N) is 3. The molecule has 2 atom stereocenters. The summed E-state index contributed by atoms with van der Waals surface area (Å²) in [6, 6.07) is 12.7. The molecule has 1 fully saturated rings. The molecule has 1 aliphatic heterocycles. The molecule has 3 rings (SSSR count). The molecule has 0 N–H and O–H groups in total. The van der Waals surface area contributed by atoms with Crippen molar-refractivity contribution in [2.75, 3.05) is 33.3 Å². The zero-order valence-corrected chi connectivity index (χ0v) is 19.3. The van der Waals surface area contributed by atoms with Crippen molar-refractivity contribution in [1.29, 1.82) is 0 Å². The van der Waals surface area contributed by atoms with E-state index >= 15 is 0 Å². The van der Waals surface area contributed by atoms with Gasteiger partial charge in [0.1, 0.15) is 6.04 Å². The van der Waals surface area contributed by atoms with Gasteiger partial charge in [-0.1, -0.05) is 29.8 Å². The van der Waals surface area contributed by atoms with Gasteiger partial charge in [-0.15, -0.1) is 11.8 Å². The minimum atomic E-state index is -0.627. The number of ether oxygens (including phenoxy) is 1. The first kappa shape index (κ1) is 24.0. The van der Waals surface area contributed by atoms with Crippen molar-refractivity contribution >= 4 is 40.9 Å². The van der Waals surface area contributed by atoms with Gasteiger partial charge >= 0.3 is 5.97 Å². The smallest absolute Gasteiger partial charge is 0.327 e. The number of benzene rings is 2. The summed E-state index contributed by atoms with van der Waals surface area (Å²) < 4.78 is 5.01. The Morgan fingerprint density at radius 2 is 1.72 bits per heavy atom. The number of rotatable bonds is 7. The number of nitro benzene ring substituents is 1. The highest BCUT2D eigenvalue weighted by atomic mass is 35.5. The van der Waals surface area contributed by atoms with Crippen LogP contribution >= 0.6 is 23.4 Å². The van der Waals surface area contributed by atoms with E-state index in [2.05, 4.69) is 0 Å². The number of amides is 1. The van der Waals surface area contributed by atoms with Crippen molar-refractivity contribution in [1.82, 2.24) is 9.80 Å². The number of halogens is 1. The lowest BCUT2D eigenvalue weighted by atomic mass is 10.0. The molecule has 2 unspecified atom stereocenters. The van der Waals surface area contributed by atoms with Crippen LogP contribution in [0.5, 0.6) is 0 Å². The van der Waals surface area contributed by atoms with Crippen LogP contribution in [0.25, 0.3) is 0 Å². The zero-order valence-electron chi connectivity index (χ0n) is 17.8. The van der Waals surface area contributed by atoms with Gasteiger partial charge in [-0.3, -0.25) is 19.8 Å². The largest absolute Gasteiger partial charge is 0.468 e. The summed E-state index contributed by atoms with van der Waals surface area (Å²) in [7, 11) is 1.35. The van der Waals surface area contributed by atoms with Crippen molar-refractivity contribution in [3.63, 3.8) is 0 Å². The molecule has 0 aliphatic carbocycles. The molecular weight excluding hydrogens is 454 g/mol. The third-order valence-corrected chi connectivity index (χ3v) is 6.77. The molecule has 1 amide bonds. The second-order valence-electron chi connectivity index (χ2n) is 7.32. The highest BCUT2D eigenvalue weighted by molar-refractivity contribution is 8.00. The third-order valence-electron chi connectivity index (χ3n) is 5.32. The van der Waals surface area contributed by atoms with Gasteiger partial charge in [-0.2, -0.15) is 0 Å². The Morgan fingerprint density at radius 1 is 1.09 bits per heavy atom. The number of piperazine rings is 1. The molecule has 0 saturated carbocycles. The van der Waals surface area contributed by atoms with E-state index in [4.69, 9.17) is 16.3 Å². The Hall–Kier alpha value is -2.62. The molecule has 2 aromatic rings. The first-order valence-electron chi connectivity index (χ1n) is 10.1. The second-order valence-corrected chi connectivity index (χ2v) is 9.14. The van der Waals surface area contributed by atoms with Crippen molar-refractivity contribution in [3.8, 4) is 0 Å². The van der Waals surface area contributed by atoms with Crippen LogP contribution in [0.3, 0.4) is 0 Å². The summed E-state index contributed by atoms with van der Waals surface area (Å²) in [5.74, 6) is -0.402. The summed E-state index contributed by atoms with van der Waals surface area (Å²) in [5.41, 5.74) is 0.700. The standard InChI is InChI=1S/C22H24ClN3O5S/c1-15(32-17-9-7-16(8-10-17)26(29)30)21(27)25-13-11-24(12-14-25)20(22(28)31-2)18-5-3-4-6-19(18)23/h3-10,15,20H,11-14H2,1-2H3. The number of methoxy groups -OCH3 is 1. The van der Waals surface area contributed by atoms with Crippen molar-refractivity contribution in [2.24, 2.45) is 0 Å². The van der Waals surface area contributed by atoms with Crippen LogP contribution in [-0.4, -0.2) is 65.1 Å². The Labute approximate surface area is 195 Å². The number of hydrogen-bond acceptors (Lipinski definition) is 7. The van der Waals surface area contributed by atoms with Crippen LogP contribution in [0.15, 0.2) is 53.4 Å². The first-order valence-corrected chi connectivity index (χ1v) is 11.3. The van der Waals surface area contributed by atoms with Gasteiger partial charge in [0.05, 0.1) is 17.3 Å². The number of carbonyl (C=O) groups excluding carboxylic acids is 2. The molecule has 1 aliphatic rings. The maximum Gasteiger partial charge on any atom is 0.327 e. The van der Waals surface area contributed by atoms with Crippen LogP contribution in [0.1, 0.15) is 18.5 Å². The normalized spacial score (nSPS) is 16.3. The van der Waals surface area contributed by atoms with E-state index in [1.165, 1.54) is 31.0 Å². The fraction of sp³-hybridized carbons (Fsp3) is 0.364. The number of hydrogen-bond donors (Lipinski definition) is 0. The molecule has 0 aromatic heterocycles. The van der Waals surface area contributed by atoms with E-state index in [-0.39, 0.29) is 22.8 Å². The van der Waals surface area contributed by atoms with Crippen LogP contribution in [0.4, 0.5) is 5.69 Å². The Morgan fingerprint density at radius 3 is 2.28 bits per heavy atom. The van der Waals surface area contributed by atoms with E-state index in [0.29, 0.717) is 36.8 Å². The fourth-order valence-electron chi connectivity index (χ4n) is 3.64. The molecule has 1 heterocycles. The predicted octanol–water partition coefficient (Wildman–Crippen LogP) is 3.79. The Bertz CT molecular complexity index is 980. The van der Waals surface area contributed by atoms with Gasteiger partial charge in [-0.25, -0.2) is 4.79 Å². The van der Waals surface area contributed by atoms with Crippen LogP contribution in [0, 0.1) is 10.1 Å². The molecule has 1 saturated heterocycles. The van der Waals surface area contributed by atoms with Crippen molar-refractivity contribution in [2.45, 2.75) is 23.1 Å². The fourth-order valence-corrected chi connectivity index (χ4v) is 4.83. The molecule has 0 bridgehead atoms. The average molecular weight is 478 g/mol. The minimum absolute atomic E-state index is 0.0136. The van der Waals surface area contributed by atoms with Gasteiger partial charge in [0.25, 0.3) is 5.69 Å². The summed E-state index contributed by atoms with van der Waals surface area (Å²) in [6.45, 7) is 3.78. The second kappa shape index (κ2) is 10.8. The quantitative estimate of drug-likeness (QED) is 0.259.